The third-order valence-electron chi connectivity index (χ3n) is 2.68. The smallest absolute Gasteiger partial charge is 0.331 e. The van der Waals surface area contributed by atoms with E-state index in [1.807, 2.05) is 42.5 Å². The van der Waals surface area contributed by atoms with E-state index < -0.39 is 5.97 Å². The molecule has 2 rings (SSSR count). The molecule has 2 aromatic rings. The fourth-order valence-electron chi connectivity index (χ4n) is 1.64. The van der Waals surface area contributed by atoms with Crippen LogP contribution in [-0.2, 0) is 14.3 Å². The number of esters is 1. The first-order valence-corrected chi connectivity index (χ1v) is 7.38. The molecule has 0 aliphatic carbocycles. The number of nitrogens with one attached hydrogen (secondary N) is 1. The van der Waals surface area contributed by atoms with Gasteiger partial charge in [0.2, 0.25) is 0 Å². The van der Waals surface area contributed by atoms with E-state index in [9.17, 15) is 9.59 Å². The molecule has 0 saturated heterocycles. The van der Waals surface area contributed by atoms with Crippen LogP contribution in [0.3, 0.4) is 0 Å². The first-order valence-electron chi connectivity index (χ1n) is 6.59. The average molecular weight is 360 g/mol. The Kier molecular flexibility index (Phi) is 5.91. The van der Waals surface area contributed by atoms with Gasteiger partial charge in [-0.1, -0.05) is 46.3 Å². The van der Waals surface area contributed by atoms with Crippen molar-refractivity contribution in [3.63, 3.8) is 0 Å². The molecule has 2 aromatic carbocycles. The van der Waals surface area contributed by atoms with E-state index in [-0.39, 0.29) is 12.5 Å². The van der Waals surface area contributed by atoms with Crippen molar-refractivity contribution in [2.45, 2.75) is 0 Å². The molecule has 0 atom stereocenters. The number of halogens is 1. The Morgan fingerprint density at radius 2 is 1.73 bits per heavy atom. The lowest BCUT2D eigenvalue weighted by atomic mass is 10.2. The van der Waals surface area contributed by atoms with Crippen LogP contribution in [0.1, 0.15) is 5.56 Å². The van der Waals surface area contributed by atoms with Gasteiger partial charge in [-0.25, -0.2) is 4.79 Å². The van der Waals surface area contributed by atoms with E-state index in [0.717, 1.165) is 10.0 Å². The normalized spacial score (nSPS) is 10.4. The number of carbonyl (C=O) groups is 2. The SMILES string of the molecule is O=C(COC(=O)C=Cc1ccccc1)Nc1ccc(Br)cc1. The highest BCUT2D eigenvalue weighted by Crippen LogP contribution is 2.13. The summed E-state index contributed by atoms with van der Waals surface area (Å²) in [7, 11) is 0. The molecule has 0 fully saturated rings. The summed E-state index contributed by atoms with van der Waals surface area (Å²) in [6, 6.07) is 16.5. The molecule has 1 amide bonds. The van der Waals surface area contributed by atoms with Gasteiger partial charge in [-0.3, -0.25) is 4.79 Å². The second kappa shape index (κ2) is 8.14. The minimum Gasteiger partial charge on any atom is -0.452 e. The molecule has 0 heterocycles. The second-order valence-electron chi connectivity index (χ2n) is 4.41. The Balaban J connectivity index is 1.77. The molecule has 112 valence electrons. The summed E-state index contributed by atoms with van der Waals surface area (Å²) in [5.41, 5.74) is 1.53. The van der Waals surface area contributed by atoms with Crippen molar-refractivity contribution in [2.24, 2.45) is 0 Å². The van der Waals surface area contributed by atoms with Gasteiger partial charge < -0.3 is 10.1 Å². The molecule has 5 heteroatoms. The zero-order valence-electron chi connectivity index (χ0n) is 11.7. The van der Waals surface area contributed by atoms with Gasteiger partial charge in [-0.2, -0.15) is 0 Å². The molecular formula is C17H14BrNO3. The Bertz CT molecular complexity index is 666. The zero-order chi connectivity index (χ0) is 15.8. The van der Waals surface area contributed by atoms with E-state index in [1.165, 1.54) is 6.08 Å². The molecule has 0 saturated carbocycles. The molecular weight excluding hydrogens is 346 g/mol. The van der Waals surface area contributed by atoms with Crippen LogP contribution in [-0.4, -0.2) is 18.5 Å². The third kappa shape index (κ3) is 5.54. The van der Waals surface area contributed by atoms with Gasteiger partial charge in [0, 0.05) is 16.2 Å². The number of rotatable bonds is 5. The van der Waals surface area contributed by atoms with Gasteiger partial charge in [0.25, 0.3) is 5.91 Å². The maximum absolute atomic E-state index is 11.7. The van der Waals surface area contributed by atoms with Crippen molar-refractivity contribution in [3.05, 3.63) is 70.7 Å². The highest BCUT2D eigenvalue weighted by molar-refractivity contribution is 9.10. The first-order chi connectivity index (χ1) is 10.6. The molecule has 0 bridgehead atoms. The second-order valence-corrected chi connectivity index (χ2v) is 5.32. The van der Waals surface area contributed by atoms with Gasteiger partial charge in [-0.15, -0.1) is 0 Å². The molecule has 4 nitrogen and oxygen atoms in total. The van der Waals surface area contributed by atoms with Crippen LogP contribution in [0.2, 0.25) is 0 Å². The molecule has 0 aromatic heterocycles. The minimum atomic E-state index is -0.560. The van der Waals surface area contributed by atoms with Crippen molar-refractivity contribution < 1.29 is 14.3 Å². The summed E-state index contributed by atoms with van der Waals surface area (Å²) >= 11 is 3.31. The van der Waals surface area contributed by atoms with Crippen molar-refractivity contribution in [3.8, 4) is 0 Å². The van der Waals surface area contributed by atoms with Crippen LogP contribution in [0.15, 0.2) is 65.1 Å². The predicted molar refractivity (Wildman–Crippen MR) is 89.2 cm³/mol. The summed E-state index contributed by atoms with van der Waals surface area (Å²) in [4.78, 5) is 23.2. The monoisotopic (exact) mass is 359 g/mol. The number of benzene rings is 2. The van der Waals surface area contributed by atoms with E-state index in [1.54, 1.807) is 18.2 Å². The van der Waals surface area contributed by atoms with Crippen LogP contribution < -0.4 is 5.32 Å². The fraction of sp³-hybridized carbons (Fsp3) is 0.0588. The maximum Gasteiger partial charge on any atom is 0.331 e. The van der Waals surface area contributed by atoms with E-state index in [0.29, 0.717) is 5.69 Å². The molecule has 0 radical (unpaired) electrons. The Hall–Kier alpha value is -2.40. The zero-order valence-corrected chi connectivity index (χ0v) is 13.2. The summed E-state index contributed by atoms with van der Waals surface area (Å²) in [6.07, 6.45) is 2.93. The van der Waals surface area contributed by atoms with Gasteiger partial charge in [-0.05, 0) is 35.9 Å². The minimum absolute atomic E-state index is 0.325. The number of ether oxygens (including phenoxy) is 1. The highest BCUT2D eigenvalue weighted by Gasteiger charge is 2.05. The van der Waals surface area contributed by atoms with E-state index in [4.69, 9.17) is 4.74 Å². The number of hydrogen-bond donors (Lipinski definition) is 1. The van der Waals surface area contributed by atoms with Crippen molar-refractivity contribution in [1.29, 1.82) is 0 Å². The third-order valence-corrected chi connectivity index (χ3v) is 3.21. The summed E-state index contributed by atoms with van der Waals surface area (Å²) in [6.45, 7) is -0.325. The van der Waals surface area contributed by atoms with Crippen LogP contribution in [0.25, 0.3) is 6.08 Å². The summed E-state index contributed by atoms with van der Waals surface area (Å²) in [5, 5.41) is 2.64. The van der Waals surface area contributed by atoms with Crippen molar-refractivity contribution in [1.82, 2.24) is 0 Å². The average Bonchev–Trinajstić information content (AvgIpc) is 2.54. The lowest BCUT2D eigenvalue weighted by molar-refractivity contribution is -0.142. The van der Waals surface area contributed by atoms with Crippen molar-refractivity contribution in [2.75, 3.05) is 11.9 Å². The number of carbonyl (C=O) groups excluding carboxylic acids is 2. The summed E-state index contributed by atoms with van der Waals surface area (Å²) in [5.74, 6) is -0.946. The number of amides is 1. The van der Waals surface area contributed by atoms with Crippen LogP contribution >= 0.6 is 15.9 Å². The molecule has 0 aliphatic heterocycles. The summed E-state index contributed by atoms with van der Waals surface area (Å²) < 4.78 is 5.79. The van der Waals surface area contributed by atoms with Crippen LogP contribution in [0.5, 0.6) is 0 Å². The highest BCUT2D eigenvalue weighted by atomic mass is 79.9. The quantitative estimate of drug-likeness (QED) is 0.654. The largest absolute Gasteiger partial charge is 0.452 e. The fourth-order valence-corrected chi connectivity index (χ4v) is 1.91. The molecule has 0 unspecified atom stereocenters. The molecule has 0 spiro atoms. The topological polar surface area (TPSA) is 55.4 Å². The van der Waals surface area contributed by atoms with Crippen LogP contribution in [0, 0.1) is 0 Å². The van der Waals surface area contributed by atoms with E-state index in [2.05, 4.69) is 21.2 Å². The maximum atomic E-state index is 11.7. The Morgan fingerprint density at radius 1 is 1.05 bits per heavy atom. The number of hydrogen-bond acceptors (Lipinski definition) is 3. The lowest BCUT2D eigenvalue weighted by Crippen LogP contribution is -2.20. The lowest BCUT2D eigenvalue weighted by Gasteiger charge is -2.05. The van der Waals surface area contributed by atoms with E-state index >= 15 is 0 Å². The molecule has 1 N–H and O–H groups in total. The van der Waals surface area contributed by atoms with Gasteiger partial charge >= 0.3 is 5.97 Å². The van der Waals surface area contributed by atoms with Crippen LogP contribution in [0.4, 0.5) is 5.69 Å². The predicted octanol–water partition coefficient (Wildman–Crippen LogP) is 3.64. The van der Waals surface area contributed by atoms with Gasteiger partial charge in [0.15, 0.2) is 6.61 Å². The Morgan fingerprint density at radius 3 is 2.41 bits per heavy atom. The van der Waals surface area contributed by atoms with Crippen molar-refractivity contribution >= 4 is 39.6 Å². The molecule has 0 aliphatic rings. The first kappa shape index (κ1) is 16.0. The van der Waals surface area contributed by atoms with Gasteiger partial charge in [0.1, 0.15) is 0 Å². The van der Waals surface area contributed by atoms with Gasteiger partial charge in [0.05, 0.1) is 0 Å². The molecule has 22 heavy (non-hydrogen) atoms. The Labute approximate surface area is 136 Å². The number of anilines is 1. The standard InChI is InChI=1S/C17H14BrNO3/c18-14-7-9-15(10-8-14)19-16(20)12-22-17(21)11-6-13-4-2-1-3-5-13/h1-11H,12H2,(H,19,20).